The quantitative estimate of drug-likeness (QED) is 0.690. The number of nitrogens with two attached hydrogens (primary N) is 1. The van der Waals surface area contributed by atoms with Gasteiger partial charge in [-0.15, -0.1) is 0 Å². The Morgan fingerprint density at radius 3 is 3.07 bits per heavy atom. The molecule has 1 aromatic heterocycles. The van der Waals surface area contributed by atoms with Gasteiger partial charge in [0.2, 0.25) is 0 Å². The number of benzene rings is 1. The van der Waals surface area contributed by atoms with Crippen molar-refractivity contribution in [1.82, 2.24) is 10.2 Å². The zero-order chi connectivity index (χ0) is 10.3. The van der Waals surface area contributed by atoms with Crippen LogP contribution in [0.15, 0.2) is 24.4 Å². The number of aromatic nitrogens is 2. The standard InChI is InChI=1S/C11H14N4/c12-8-3-10(4-8)14-9-2-1-7-6-13-15-11(7)5-9/h1-2,5-6,8,10,14H,3-4,12H2,(H,13,15). The predicted molar refractivity (Wildman–Crippen MR) is 60.7 cm³/mol. The summed E-state index contributed by atoms with van der Waals surface area (Å²) >= 11 is 0. The molecule has 15 heavy (non-hydrogen) atoms. The van der Waals surface area contributed by atoms with Crippen molar-refractivity contribution in [3.8, 4) is 0 Å². The minimum Gasteiger partial charge on any atom is -0.382 e. The highest BCUT2D eigenvalue weighted by molar-refractivity contribution is 5.81. The summed E-state index contributed by atoms with van der Waals surface area (Å²) in [5, 5.41) is 11.6. The Kier molecular flexibility index (Phi) is 1.89. The summed E-state index contributed by atoms with van der Waals surface area (Å²) in [6.45, 7) is 0. The molecule has 4 heteroatoms. The maximum absolute atomic E-state index is 5.74. The van der Waals surface area contributed by atoms with E-state index in [0.29, 0.717) is 12.1 Å². The van der Waals surface area contributed by atoms with Gasteiger partial charge in [-0.1, -0.05) is 0 Å². The van der Waals surface area contributed by atoms with Crippen molar-refractivity contribution < 1.29 is 0 Å². The topological polar surface area (TPSA) is 66.7 Å². The van der Waals surface area contributed by atoms with Crippen LogP contribution in [0.1, 0.15) is 12.8 Å². The van der Waals surface area contributed by atoms with Gasteiger partial charge in [-0.05, 0) is 31.0 Å². The van der Waals surface area contributed by atoms with Gasteiger partial charge in [0.25, 0.3) is 0 Å². The van der Waals surface area contributed by atoms with Crippen molar-refractivity contribution in [2.24, 2.45) is 5.73 Å². The number of anilines is 1. The molecule has 0 amide bonds. The molecule has 1 aromatic carbocycles. The van der Waals surface area contributed by atoms with E-state index < -0.39 is 0 Å². The molecule has 1 saturated carbocycles. The number of fused-ring (bicyclic) bond motifs is 1. The minimum atomic E-state index is 0.387. The molecule has 0 spiro atoms. The van der Waals surface area contributed by atoms with Crippen molar-refractivity contribution in [3.63, 3.8) is 0 Å². The smallest absolute Gasteiger partial charge is 0.0670 e. The van der Waals surface area contributed by atoms with Crippen molar-refractivity contribution in [1.29, 1.82) is 0 Å². The molecule has 1 fully saturated rings. The molecule has 0 aliphatic heterocycles. The van der Waals surface area contributed by atoms with Gasteiger partial charge >= 0.3 is 0 Å². The van der Waals surface area contributed by atoms with Crippen molar-refractivity contribution in [2.75, 3.05) is 5.32 Å². The van der Waals surface area contributed by atoms with Gasteiger partial charge in [-0.25, -0.2) is 0 Å². The lowest BCUT2D eigenvalue weighted by Gasteiger charge is -2.33. The van der Waals surface area contributed by atoms with Crippen LogP contribution in [0, 0.1) is 0 Å². The van der Waals surface area contributed by atoms with Crippen LogP contribution in [-0.2, 0) is 0 Å². The largest absolute Gasteiger partial charge is 0.382 e. The van der Waals surface area contributed by atoms with Gasteiger partial charge in [-0.2, -0.15) is 5.10 Å². The van der Waals surface area contributed by atoms with Crippen LogP contribution in [-0.4, -0.2) is 22.3 Å². The molecule has 4 N–H and O–H groups in total. The van der Waals surface area contributed by atoms with Gasteiger partial charge in [0, 0.05) is 23.2 Å². The molecule has 1 heterocycles. The number of hydrogen-bond acceptors (Lipinski definition) is 3. The Hall–Kier alpha value is -1.55. The fourth-order valence-electron chi connectivity index (χ4n) is 2.04. The Bertz CT molecular complexity index is 470. The van der Waals surface area contributed by atoms with E-state index in [9.17, 15) is 0 Å². The van der Waals surface area contributed by atoms with E-state index in [0.717, 1.165) is 29.4 Å². The molecule has 3 rings (SSSR count). The first-order valence-electron chi connectivity index (χ1n) is 5.26. The van der Waals surface area contributed by atoms with Gasteiger partial charge in [-0.3, -0.25) is 5.10 Å². The predicted octanol–water partition coefficient (Wildman–Crippen LogP) is 1.46. The summed E-state index contributed by atoms with van der Waals surface area (Å²) in [6, 6.07) is 7.17. The second-order valence-electron chi connectivity index (χ2n) is 4.24. The molecule has 78 valence electrons. The molecule has 0 saturated heterocycles. The molecular formula is C11H14N4. The monoisotopic (exact) mass is 202 g/mol. The van der Waals surface area contributed by atoms with Crippen LogP contribution < -0.4 is 11.1 Å². The third-order valence-electron chi connectivity index (χ3n) is 2.99. The van der Waals surface area contributed by atoms with Crippen LogP contribution in [0.3, 0.4) is 0 Å². The second kappa shape index (κ2) is 3.24. The molecule has 0 bridgehead atoms. The average Bonchev–Trinajstić information content (AvgIpc) is 2.62. The summed E-state index contributed by atoms with van der Waals surface area (Å²) in [5.74, 6) is 0. The maximum atomic E-state index is 5.74. The average molecular weight is 202 g/mol. The molecule has 1 aliphatic rings. The van der Waals surface area contributed by atoms with Crippen molar-refractivity contribution in [2.45, 2.75) is 24.9 Å². The zero-order valence-electron chi connectivity index (χ0n) is 8.40. The van der Waals surface area contributed by atoms with Gasteiger partial charge in [0.1, 0.15) is 0 Å². The first kappa shape index (κ1) is 8.73. The molecule has 1 aliphatic carbocycles. The Morgan fingerprint density at radius 2 is 2.27 bits per heavy atom. The minimum absolute atomic E-state index is 0.387. The van der Waals surface area contributed by atoms with E-state index in [1.54, 1.807) is 0 Å². The van der Waals surface area contributed by atoms with Gasteiger partial charge < -0.3 is 11.1 Å². The van der Waals surface area contributed by atoms with Crippen LogP contribution in [0.25, 0.3) is 10.9 Å². The van der Waals surface area contributed by atoms with Gasteiger partial charge in [0.15, 0.2) is 0 Å². The highest BCUT2D eigenvalue weighted by Crippen LogP contribution is 2.24. The molecule has 0 unspecified atom stereocenters. The third-order valence-corrected chi connectivity index (χ3v) is 2.99. The lowest BCUT2D eigenvalue weighted by atomic mass is 9.87. The summed E-state index contributed by atoms with van der Waals surface area (Å²) in [5.41, 5.74) is 7.96. The van der Waals surface area contributed by atoms with Crippen molar-refractivity contribution >= 4 is 16.6 Å². The highest BCUT2D eigenvalue weighted by Gasteiger charge is 2.25. The van der Waals surface area contributed by atoms with E-state index >= 15 is 0 Å². The highest BCUT2D eigenvalue weighted by atomic mass is 15.1. The zero-order valence-corrected chi connectivity index (χ0v) is 8.40. The number of nitrogens with zero attached hydrogens (tertiary/aromatic N) is 1. The Balaban J connectivity index is 1.79. The summed E-state index contributed by atoms with van der Waals surface area (Å²) < 4.78 is 0. The Labute approximate surface area is 87.9 Å². The van der Waals surface area contributed by atoms with Gasteiger partial charge in [0.05, 0.1) is 11.7 Å². The van der Waals surface area contributed by atoms with E-state index in [4.69, 9.17) is 5.73 Å². The van der Waals surface area contributed by atoms with Crippen LogP contribution in [0.2, 0.25) is 0 Å². The van der Waals surface area contributed by atoms with E-state index in [1.807, 2.05) is 6.20 Å². The first-order chi connectivity index (χ1) is 7.31. The first-order valence-corrected chi connectivity index (χ1v) is 5.26. The van der Waals surface area contributed by atoms with E-state index in [2.05, 4.69) is 33.7 Å². The fourth-order valence-corrected chi connectivity index (χ4v) is 2.04. The normalized spacial score (nSPS) is 25.1. The number of hydrogen-bond donors (Lipinski definition) is 3. The molecule has 4 nitrogen and oxygen atoms in total. The molecule has 0 atom stereocenters. The Morgan fingerprint density at radius 1 is 1.40 bits per heavy atom. The van der Waals surface area contributed by atoms with E-state index in [1.165, 1.54) is 0 Å². The molecular weight excluding hydrogens is 188 g/mol. The number of H-pyrrole nitrogens is 1. The van der Waals surface area contributed by atoms with E-state index in [-0.39, 0.29) is 0 Å². The lowest BCUT2D eigenvalue weighted by Crippen LogP contribution is -2.44. The van der Waals surface area contributed by atoms with Crippen LogP contribution in [0.5, 0.6) is 0 Å². The third kappa shape index (κ3) is 1.57. The summed E-state index contributed by atoms with van der Waals surface area (Å²) in [7, 11) is 0. The number of nitrogens with one attached hydrogen (secondary N) is 2. The maximum Gasteiger partial charge on any atom is 0.0670 e. The number of rotatable bonds is 2. The fraction of sp³-hybridized carbons (Fsp3) is 0.364. The summed E-state index contributed by atoms with van der Waals surface area (Å²) in [6.07, 6.45) is 3.97. The van der Waals surface area contributed by atoms with Crippen LogP contribution in [0.4, 0.5) is 5.69 Å². The van der Waals surface area contributed by atoms with Crippen LogP contribution >= 0.6 is 0 Å². The second-order valence-corrected chi connectivity index (χ2v) is 4.24. The van der Waals surface area contributed by atoms with Crippen molar-refractivity contribution in [3.05, 3.63) is 24.4 Å². The lowest BCUT2D eigenvalue weighted by molar-refractivity contribution is 0.374. The SMILES string of the molecule is NC1CC(Nc2ccc3cn[nH]c3c2)C1. The molecule has 0 radical (unpaired) electrons. The molecule has 2 aromatic rings. The summed E-state index contributed by atoms with van der Waals surface area (Å²) in [4.78, 5) is 0. The number of aromatic amines is 1.